The van der Waals surface area contributed by atoms with Gasteiger partial charge in [-0.2, -0.15) is 15.0 Å². The van der Waals surface area contributed by atoms with Gasteiger partial charge in [-0.1, -0.05) is 32.0 Å². The molecule has 5 aliphatic rings. The molecule has 61 heavy (non-hydrogen) atoms. The summed E-state index contributed by atoms with van der Waals surface area (Å²) < 4.78 is 5.56. The molecule has 2 aromatic heterocycles. The number of amides is 2. The highest BCUT2D eigenvalue weighted by Crippen LogP contribution is 2.42. The minimum atomic E-state index is -0.229. The quantitative estimate of drug-likeness (QED) is 0.224. The second-order valence-electron chi connectivity index (χ2n) is 17.9. The van der Waals surface area contributed by atoms with E-state index in [1.54, 1.807) is 23.4 Å². The van der Waals surface area contributed by atoms with E-state index in [2.05, 4.69) is 47.8 Å². The van der Waals surface area contributed by atoms with Gasteiger partial charge in [-0.25, -0.2) is 9.97 Å². The van der Waals surface area contributed by atoms with Crippen LogP contribution in [0.4, 0.5) is 17.8 Å². The van der Waals surface area contributed by atoms with Crippen molar-refractivity contribution in [2.24, 2.45) is 11.3 Å². The molecular formula is C45H57N11O5. The maximum atomic E-state index is 13.9. The fourth-order valence-corrected chi connectivity index (χ4v) is 9.80. The molecule has 4 saturated heterocycles. The first-order valence-electron chi connectivity index (χ1n) is 21.9. The van der Waals surface area contributed by atoms with E-state index in [0.29, 0.717) is 81.3 Å². The zero-order chi connectivity index (χ0) is 42.3. The fraction of sp³-hybridized carbons (Fsp3) is 0.533. The Labute approximate surface area is 356 Å². The maximum Gasteiger partial charge on any atom is 0.258 e. The van der Waals surface area contributed by atoms with Crippen molar-refractivity contribution in [3.05, 3.63) is 70.5 Å². The number of carbonyl (C=O) groups excluding carboxylic acids is 2. The lowest BCUT2D eigenvalue weighted by Gasteiger charge is -2.47. The van der Waals surface area contributed by atoms with E-state index >= 15 is 0 Å². The number of piperidine rings is 3. The molecule has 1 spiro atoms. The van der Waals surface area contributed by atoms with Crippen LogP contribution >= 0.6 is 0 Å². The van der Waals surface area contributed by atoms with Gasteiger partial charge in [0, 0.05) is 83.3 Å². The van der Waals surface area contributed by atoms with Crippen LogP contribution in [0.15, 0.2) is 42.7 Å². The van der Waals surface area contributed by atoms with Crippen LogP contribution in [-0.2, 0) is 29.2 Å². The van der Waals surface area contributed by atoms with Crippen LogP contribution in [0.1, 0.15) is 90.9 Å². The number of aromatic hydroxyl groups is 2. The van der Waals surface area contributed by atoms with E-state index in [1.807, 2.05) is 13.8 Å². The van der Waals surface area contributed by atoms with Crippen molar-refractivity contribution < 1.29 is 24.5 Å². The van der Waals surface area contributed by atoms with E-state index in [0.717, 1.165) is 82.4 Å². The number of nitrogen functional groups attached to an aromatic ring is 1. The summed E-state index contributed by atoms with van der Waals surface area (Å²) in [6.07, 6.45) is 9.16. The van der Waals surface area contributed by atoms with Crippen LogP contribution in [-0.4, -0.2) is 127 Å². The number of benzene rings is 2. The lowest BCUT2D eigenvalue weighted by molar-refractivity contribution is -0.139. The van der Waals surface area contributed by atoms with Crippen LogP contribution in [0, 0.1) is 11.3 Å². The number of hydrogen-bond acceptors (Lipinski definition) is 14. The van der Waals surface area contributed by atoms with Gasteiger partial charge in [0.1, 0.15) is 11.5 Å². The highest BCUT2D eigenvalue weighted by atomic mass is 16.5. The van der Waals surface area contributed by atoms with Crippen LogP contribution in [0.2, 0.25) is 0 Å². The van der Waals surface area contributed by atoms with Gasteiger partial charge in [-0.3, -0.25) is 14.5 Å². The molecule has 16 nitrogen and oxygen atoms in total. The lowest BCUT2D eigenvalue weighted by atomic mass is 9.71. The highest BCUT2D eigenvalue weighted by Gasteiger charge is 2.40. The van der Waals surface area contributed by atoms with Crippen LogP contribution in [0.3, 0.4) is 0 Å². The molecule has 4 N–H and O–H groups in total. The van der Waals surface area contributed by atoms with Gasteiger partial charge >= 0.3 is 0 Å². The first kappa shape index (κ1) is 40.8. The van der Waals surface area contributed by atoms with E-state index in [4.69, 9.17) is 25.4 Å². The predicted molar refractivity (Wildman–Crippen MR) is 230 cm³/mol. The van der Waals surface area contributed by atoms with Crippen molar-refractivity contribution in [1.29, 1.82) is 0 Å². The molecule has 4 fully saturated rings. The molecule has 0 aliphatic carbocycles. The fourth-order valence-electron chi connectivity index (χ4n) is 9.80. The van der Waals surface area contributed by atoms with Crippen molar-refractivity contribution in [3.8, 4) is 22.9 Å². The Bertz CT molecular complexity index is 2240. The first-order chi connectivity index (χ1) is 29.5. The summed E-state index contributed by atoms with van der Waals surface area (Å²) in [5.41, 5.74) is 11.1. The number of hydrogen-bond donors (Lipinski definition) is 3. The summed E-state index contributed by atoms with van der Waals surface area (Å²) in [6, 6.07) is 9.46. The predicted octanol–water partition coefficient (Wildman–Crippen LogP) is 4.56. The largest absolute Gasteiger partial charge is 0.508 e. The normalized spacial score (nSPS) is 19.8. The standard InChI is InChI=1S/C45H57N11O5/c1-29(2)35-22-36(38(58)23-37(35)57)41(60)56-27-32-4-3-30(21-33(32)28-56)26-52-13-7-45(8-14-52)9-15-53(16-10-45)40(59)31-5-11-54(12-6-31)43-49-39(34-24-47-42(46)48-25-34)50-44(51-43)55-17-19-61-20-18-55/h3-4,21-25,29,31,57-58H,5-20,26-28H2,1-2H3,(H2,46,47,48). The van der Waals surface area contributed by atoms with E-state index < -0.39 is 0 Å². The molecule has 16 heteroatoms. The molecule has 0 radical (unpaired) electrons. The second kappa shape index (κ2) is 17.0. The number of morpholine rings is 1. The molecule has 2 amide bonds. The third-order valence-electron chi connectivity index (χ3n) is 13.7. The minimum absolute atomic E-state index is 0.00544. The number of phenolic OH excluding ortho intramolecular Hbond substituents is 2. The lowest BCUT2D eigenvalue weighted by Crippen LogP contribution is -2.50. The average Bonchev–Trinajstić information content (AvgIpc) is 3.71. The number of phenols is 2. The number of fused-ring (bicyclic) bond motifs is 1. The Balaban J connectivity index is 0.751. The molecule has 7 heterocycles. The average molecular weight is 832 g/mol. The summed E-state index contributed by atoms with van der Waals surface area (Å²) in [5, 5.41) is 20.8. The number of carbonyl (C=O) groups is 2. The van der Waals surface area contributed by atoms with Crippen molar-refractivity contribution in [3.63, 3.8) is 0 Å². The number of aromatic nitrogens is 5. The Hall–Kier alpha value is -5.61. The molecule has 0 bridgehead atoms. The van der Waals surface area contributed by atoms with Gasteiger partial charge in [0.25, 0.3) is 5.91 Å². The molecule has 322 valence electrons. The summed E-state index contributed by atoms with van der Waals surface area (Å²) in [6.45, 7) is 13.5. The third kappa shape index (κ3) is 8.65. The van der Waals surface area contributed by atoms with Gasteiger partial charge in [0.15, 0.2) is 5.82 Å². The minimum Gasteiger partial charge on any atom is -0.508 e. The molecule has 2 aromatic carbocycles. The van der Waals surface area contributed by atoms with Crippen LogP contribution in [0.5, 0.6) is 11.5 Å². The van der Waals surface area contributed by atoms with E-state index in [-0.39, 0.29) is 52.1 Å². The number of nitrogens with two attached hydrogens (primary N) is 1. The zero-order valence-corrected chi connectivity index (χ0v) is 35.3. The number of nitrogens with zero attached hydrogens (tertiary/aromatic N) is 10. The Morgan fingerprint density at radius 3 is 2.10 bits per heavy atom. The van der Waals surface area contributed by atoms with Crippen LogP contribution < -0.4 is 15.5 Å². The third-order valence-corrected chi connectivity index (χ3v) is 13.7. The van der Waals surface area contributed by atoms with Gasteiger partial charge in [0.2, 0.25) is 23.8 Å². The number of anilines is 3. The Kier molecular flexibility index (Phi) is 11.4. The van der Waals surface area contributed by atoms with Crippen molar-refractivity contribution >= 4 is 29.7 Å². The maximum absolute atomic E-state index is 13.9. The summed E-state index contributed by atoms with van der Waals surface area (Å²) in [4.78, 5) is 60.9. The molecule has 9 rings (SSSR count). The first-order valence-corrected chi connectivity index (χ1v) is 21.9. The van der Waals surface area contributed by atoms with Gasteiger partial charge < -0.3 is 40.3 Å². The van der Waals surface area contributed by atoms with Gasteiger partial charge in [-0.05, 0) is 91.3 Å². The smallest absolute Gasteiger partial charge is 0.258 e. The monoisotopic (exact) mass is 831 g/mol. The van der Waals surface area contributed by atoms with Crippen molar-refractivity contribution in [2.45, 2.75) is 77.9 Å². The van der Waals surface area contributed by atoms with Crippen molar-refractivity contribution in [2.75, 3.05) is 81.1 Å². The molecule has 0 saturated carbocycles. The summed E-state index contributed by atoms with van der Waals surface area (Å²) in [7, 11) is 0. The molecule has 5 aliphatic heterocycles. The van der Waals surface area contributed by atoms with Gasteiger partial charge in [-0.15, -0.1) is 0 Å². The number of rotatable bonds is 8. The number of ether oxygens (including phenoxy) is 1. The topological polar surface area (TPSA) is 190 Å². The zero-order valence-electron chi connectivity index (χ0n) is 35.3. The molecule has 0 atom stereocenters. The second-order valence-corrected chi connectivity index (χ2v) is 17.9. The molecule has 4 aromatic rings. The Morgan fingerprint density at radius 2 is 1.43 bits per heavy atom. The molecule has 0 unspecified atom stereocenters. The summed E-state index contributed by atoms with van der Waals surface area (Å²) in [5.74, 6) is 1.78. The highest BCUT2D eigenvalue weighted by molar-refractivity contribution is 5.97. The van der Waals surface area contributed by atoms with Crippen LogP contribution in [0.25, 0.3) is 11.4 Å². The summed E-state index contributed by atoms with van der Waals surface area (Å²) >= 11 is 0. The van der Waals surface area contributed by atoms with E-state index in [9.17, 15) is 19.8 Å². The SMILES string of the molecule is CC(C)c1cc(C(=O)N2Cc3ccc(CN4CCC5(CC4)CCN(C(=O)C4CCN(c6nc(-c7cnc(N)nc7)nc(N7CCOCC7)n6)CC4)CC5)cc3C2)c(O)cc1O. The van der Waals surface area contributed by atoms with Gasteiger partial charge in [0.05, 0.1) is 24.3 Å². The number of likely N-dealkylation sites (tertiary alicyclic amines) is 2. The van der Waals surface area contributed by atoms with E-state index in [1.165, 1.54) is 11.6 Å². The molecular weight excluding hydrogens is 775 g/mol. The van der Waals surface area contributed by atoms with Crippen molar-refractivity contribution in [1.82, 2.24) is 39.6 Å². The Morgan fingerprint density at radius 1 is 0.787 bits per heavy atom.